The Kier molecular flexibility index (Phi) is 1.87. The summed E-state index contributed by atoms with van der Waals surface area (Å²) in [5, 5.41) is 0.274. The number of hydrogen-bond donors (Lipinski definition) is 0. The van der Waals surface area contributed by atoms with E-state index in [1.54, 1.807) is 6.20 Å². The first-order chi connectivity index (χ1) is 7.68. The van der Waals surface area contributed by atoms with Crippen molar-refractivity contribution in [3.63, 3.8) is 0 Å². The van der Waals surface area contributed by atoms with E-state index in [1.165, 1.54) is 6.07 Å². The summed E-state index contributed by atoms with van der Waals surface area (Å²) in [6.07, 6.45) is 2.90. The van der Waals surface area contributed by atoms with Crippen molar-refractivity contribution in [1.82, 2.24) is 4.57 Å². The van der Waals surface area contributed by atoms with Crippen molar-refractivity contribution < 1.29 is 8.78 Å². The molecule has 4 heteroatoms. The van der Waals surface area contributed by atoms with Gasteiger partial charge in [-0.15, -0.1) is 0 Å². The van der Waals surface area contributed by atoms with Crippen LogP contribution >= 0.6 is 0 Å². The molecule has 2 heterocycles. The molecule has 1 aromatic carbocycles. The van der Waals surface area contributed by atoms with Crippen LogP contribution in [0.3, 0.4) is 0 Å². The number of aromatic nitrogens is 1. The molecule has 0 spiro atoms. The van der Waals surface area contributed by atoms with E-state index < -0.39 is 11.6 Å². The smallest absolute Gasteiger partial charge is 0.189 e. The van der Waals surface area contributed by atoms with E-state index >= 15 is 0 Å². The van der Waals surface area contributed by atoms with Gasteiger partial charge in [-0.3, -0.25) is 4.79 Å². The van der Waals surface area contributed by atoms with Crippen LogP contribution in [0.5, 0.6) is 0 Å². The maximum absolute atomic E-state index is 13.6. The van der Waals surface area contributed by atoms with Crippen molar-refractivity contribution in [2.75, 3.05) is 0 Å². The van der Waals surface area contributed by atoms with Gasteiger partial charge in [0.1, 0.15) is 0 Å². The molecule has 1 aliphatic rings. The van der Waals surface area contributed by atoms with E-state index in [9.17, 15) is 13.6 Å². The third kappa shape index (κ3) is 1.13. The Hall–Kier alpha value is -1.71. The fourth-order valence-corrected chi connectivity index (χ4v) is 2.35. The number of hydrogen-bond acceptors (Lipinski definition) is 1. The van der Waals surface area contributed by atoms with Gasteiger partial charge in [0.2, 0.25) is 0 Å². The second-order valence-electron chi connectivity index (χ2n) is 4.02. The lowest BCUT2D eigenvalue weighted by Crippen LogP contribution is -2.16. The number of aryl methyl sites for hydroxylation is 2. The van der Waals surface area contributed by atoms with Crippen molar-refractivity contribution in [3.8, 4) is 0 Å². The minimum atomic E-state index is -0.931. The van der Waals surface area contributed by atoms with Crippen molar-refractivity contribution in [3.05, 3.63) is 45.8 Å². The fraction of sp³-hybridized carbons (Fsp3) is 0.250. The van der Waals surface area contributed by atoms with Gasteiger partial charge in [-0.05, 0) is 18.9 Å². The van der Waals surface area contributed by atoms with Gasteiger partial charge in [-0.25, -0.2) is 8.78 Å². The van der Waals surface area contributed by atoms with E-state index in [2.05, 4.69) is 0 Å². The summed E-state index contributed by atoms with van der Waals surface area (Å²) in [5.74, 6) is -1.74. The molecule has 0 unspecified atom stereocenters. The third-order valence-corrected chi connectivity index (χ3v) is 3.07. The summed E-state index contributed by atoms with van der Waals surface area (Å²) in [6.45, 7) is 0.745. The molecular formula is C12H9F2NO. The zero-order valence-corrected chi connectivity index (χ0v) is 8.46. The van der Waals surface area contributed by atoms with E-state index in [4.69, 9.17) is 0 Å². The summed E-state index contributed by atoms with van der Waals surface area (Å²) in [7, 11) is 0. The van der Waals surface area contributed by atoms with Crippen LogP contribution in [0.15, 0.2) is 23.1 Å². The highest BCUT2D eigenvalue weighted by molar-refractivity contribution is 5.83. The molecule has 1 aromatic heterocycles. The molecule has 0 saturated heterocycles. The molecule has 3 rings (SSSR count). The molecule has 16 heavy (non-hydrogen) atoms. The predicted molar refractivity (Wildman–Crippen MR) is 56.4 cm³/mol. The molecule has 2 aromatic rings. The van der Waals surface area contributed by atoms with E-state index in [-0.39, 0.29) is 10.8 Å². The Bertz CT molecular complexity index is 645. The van der Waals surface area contributed by atoms with Crippen LogP contribution in [0.4, 0.5) is 8.78 Å². The number of rotatable bonds is 0. The molecule has 0 fully saturated rings. The lowest BCUT2D eigenvalue weighted by Gasteiger charge is -2.20. The highest BCUT2D eigenvalue weighted by atomic mass is 19.2. The van der Waals surface area contributed by atoms with Crippen molar-refractivity contribution in [1.29, 1.82) is 0 Å². The highest BCUT2D eigenvalue weighted by Crippen LogP contribution is 2.27. The zero-order valence-electron chi connectivity index (χ0n) is 8.46. The quantitative estimate of drug-likeness (QED) is 0.668. The monoisotopic (exact) mass is 221 g/mol. The minimum absolute atomic E-state index is 0.256. The molecule has 0 atom stereocenters. The van der Waals surface area contributed by atoms with Crippen LogP contribution in [0.2, 0.25) is 0 Å². The first-order valence-corrected chi connectivity index (χ1v) is 5.18. The Balaban J connectivity index is 2.59. The molecule has 0 saturated carbocycles. The molecule has 0 N–H and O–H groups in total. The molecule has 0 bridgehead atoms. The zero-order chi connectivity index (χ0) is 11.3. The predicted octanol–water partition coefficient (Wildman–Crippen LogP) is 2.23. The van der Waals surface area contributed by atoms with E-state index in [0.717, 1.165) is 19.0 Å². The van der Waals surface area contributed by atoms with Crippen LogP contribution in [-0.2, 0) is 13.0 Å². The number of benzene rings is 1. The standard InChI is InChI=1S/C12H9F2NO/c13-9-6-8-10(16)3-5-15-4-1-2-7(11(9)14)12(8)15/h3,5-6H,1-2,4H2. The average molecular weight is 221 g/mol. The molecule has 0 aliphatic carbocycles. The molecule has 0 radical (unpaired) electrons. The lowest BCUT2D eigenvalue weighted by molar-refractivity contribution is 0.490. The highest BCUT2D eigenvalue weighted by Gasteiger charge is 2.19. The number of nitrogens with zero attached hydrogens (tertiary/aromatic N) is 1. The Labute approximate surface area is 90.1 Å². The number of halogens is 2. The molecule has 0 amide bonds. The van der Waals surface area contributed by atoms with Crippen molar-refractivity contribution >= 4 is 10.9 Å². The summed E-state index contributed by atoms with van der Waals surface area (Å²) in [4.78, 5) is 11.6. The third-order valence-electron chi connectivity index (χ3n) is 3.07. The van der Waals surface area contributed by atoms with Crippen molar-refractivity contribution in [2.45, 2.75) is 19.4 Å². The Morgan fingerprint density at radius 1 is 1.31 bits per heavy atom. The largest absolute Gasteiger partial charge is 0.347 e. The lowest BCUT2D eigenvalue weighted by atomic mass is 10.0. The van der Waals surface area contributed by atoms with Gasteiger partial charge in [0.05, 0.1) is 5.52 Å². The van der Waals surface area contributed by atoms with Crippen LogP contribution in [0.1, 0.15) is 12.0 Å². The van der Waals surface area contributed by atoms with Crippen LogP contribution in [0.25, 0.3) is 10.9 Å². The maximum atomic E-state index is 13.6. The molecular weight excluding hydrogens is 212 g/mol. The summed E-state index contributed by atoms with van der Waals surface area (Å²) >= 11 is 0. The maximum Gasteiger partial charge on any atom is 0.189 e. The Morgan fingerprint density at radius 2 is 2.12 bits per heavy atom. The van der Waals surface area contributed by atoms with Crippen molar-refractivity contribution in [2.24, 2.45) is 0 Å². The molecule has 82 valence electrons. The van der Waals surface area contributed by atoms with Crippen LogP contribution in [-0.4, -0.2) is 4.57 Å². The first kappa shape index (κ1) is 9.51. The Morgan fingerprint density at radius 3 is 2.94 bits per heavy atom. The number of pyridine rings is 1. The topological polar surface area (TPSA) is 22.0 Å². The van der Waals surface area contributed by atoms with Gasteiger partial charge >= 0.3 is 0 Å². The molecule has 2 nitrogen and oxygen atoms in total. The van der Waals surface area contributed by atoms with Gasteiger partial charge < -0.3 is 4.57 Å². The van der Waals surface area contributed by atoms with Crippen LogP contribution in [0, 0.1) is 11.6 Å². The normalized spacial score (nSPS) is 14.4. The summed E-state index contributed by atoms with van der Waals surface area (Å²) in [6, 6.07) is 2.40. The van der Waals surface area contributed by atoms with Crippen LogP contribution < -0.4 is 5.43 Å². The average Bonchev–Trinajstić information content (AvgIpc) is 2.29. The van der Waals surface area contributed by atoms with Gasteiger partial charge in [0.15, 0.2) is 17.1 Å². The van der Waals surface area contributed by atoms with Gasteiger partial charge in [-0.1, -0.05) is 0 Å². The van der Waals surface area contributed by atoms with E-state index in [0.29, 0.717) is 17.5 Å². The molecule has 1 aliphatic heterocycles. The van der Waals surface area contributed by atoms with Gasteiger partial charge in [0.25, 0.3) is 0 Å². The second-order valence-corrected chi connectivity index (χ2v) is 4.02. The summed E-state index contributed by atoms with van der Waals surface area (Å²) in [5.41, 5.74) is 0.630. The van der Waals surface area contributed by atoms with E-state index in [1.807, 2.05) is 4.57 Å². The summed E-state index contributed by atoms with van der Waals surface area (Å²) < 4.78 is 28.7. The fourth-order valence-electron chi connectivity index (χ4n) is 2.35. The first-order valence-electron chi connectivity index (χ1n) is 5.18. The van der Waals surface area contributed by atoms with Gasteiger partial charge in [0, 0.05) is 29.8 Å². The van der Waals surface area contributed by atoms with Gasteiger partial charge in [-0.2, -0.15) is 0 Å². The minimum Gasteiger partial charge on any atom is -0.347 e. The SMILES string of the molecule is O=c1ccn2c3c(c(F)c(F)cc13)CCC2. The second kappa shape index (κ2) is 3.14.